The minimum absolute atomic E-state index is 0.261. The van der Waals surface area contributed by atoms with Crippen molar-refractivity contribution >= 4 is 34.6 Å². The summed E-state index contributed by atoms with van der Waals surface area (Å²) in [6.45, 7) is 2.28. The molecule has 0 atom stereocenters. The van der Waals surface area contributed by atoms with Gasteiger partial charge in [0.15, 0.2) is 0 Å². The SMILES string of the molecule is CCON=Cc1c(N)ncnc1Nc1ccc2[nH]c(Cc3cccc(F)c3)nc2c1. The van der Waals surface area contributed by atoms with E-state index in [0.29, 0.717) is 24.4 Å². The molecule has 0 amide bonds. The fourth-order valence-corrected chi connectivity index (χ4v) is 3.00. The molecule has 0 spiro atoms. The molecule has 4 N–H and O–H groups in total. The van der Waals surface area contributed by atoms with Crippen LogP contribution < -0.4 is 11.1 Å². The number of aromatic amines is 1. The number of hydrogen-bond acceptors (Lipinski definition) is 7. The summed E-state index contributed by atoms with van der Waals surface area (Å²) < 4.78 is 13.4. The molecule has 0 saturated carbocycles. The lowest BCUT2D eigenvalue weighted by molar-refractivity contribution is 0.160. The first kappa shape index (κ1) is 19.3. The third-order valence-electron chi connectivity index (χ3n) is 4.36. The highest BCUT2D eigenvalue weighted by Gasteiger charge is 2.10. The summed E-state index contributed by atoms with van der Waals surface area (Å²) in [5.74, 6) is 1.28. The van der Waals surface area contributed by atoms with Gasteiger partial charge in [-0.25, -0.2) is 19.3 Å². The largest absolute Gasteiger partial charge is 0.396 e. The molecule has 4 rings (SSSR count). The Bertz CT molecular complexity index is 1210. The number of anilines is 3. The lowest BCUT2D eigenvalue weighted by Gasteiger charge is -2.09. The second kappa shape index (κ2) is 8.56. The van der Waals surface area contributed by atoms with Crippen LogP contribution in [0.25, 0.3) is 11.0 Å². The van der Waals surface area contributed by atoms with E-state index in [9.17, 15) is 4.39 Å². The molecule has 2 aromatic carbocycles. The molecular weight excluding hydrogens is 385 g/mol. The predicted molar refractivity (Wildman–Crippen MR) is 114 cm³/mol. The van der Waals surface area contributed by atoms with E-state index in [2.05, 4.69) is 30.4 Å². The number of oxime groups is 1. The van der Waals surface area contributed by atoms with Crippen LogP contribution in [0.2, 0.25) is 0 Å². The van der Waals surface area contributed by atoms with Gasteiger partial charge in [-0.3, -0.25) is 0 Å². The van der Waals surface area contributed by atoms with Crippen molar-refractivity contribution < 1.29 is 9.23 Å². The van der Waals surface area contributed by atoms with Crippen LogP contribution in [0.5, 0.6) is 0 Å². The average Bonchev–Trinajstić information content (AvgIpc) is 3.11. The first-order chi connectivity index (χ1) is 14.6. The number of H-pyrrole nitrogens is 1. The molecule has 30 heavy (non-hydrogen) atoms. The van der Waals surface area contributed by atoms with Gasteiger partial charge in [-0.1, -0.05) is 17.3 Å². The van der Waals surface area contributed by atoms with Crippen molar-refractivity contribution in [1.82, 2.24) is 19.9 Å². The fourth-order valence-electron chi connectivity index (χ4n) is 3.00. The number of nitrogens with two attached hydrogens (primary N) is 1. The van der Waals surface area contributed by atoms with E-state index in [4.69, 9.17) is 10.6 Å². The number of aromatic nitrogens is 4. The van der Waals surface area contributed by atoms with E-state index in [1.807, 2.05) is 31.2 Å². The summed E-state index contributed by atoms with van der Waals surface area (Å²) in [5, 5.41) is 7.07. The molecule has 9 heteroatoms. The number of imidazole rings is 1. The van der Waals surface area contributed by atoms with Gasteiger partial charge in [-0.15, -0.1) is 0 Å². The molecule has 0 aliphatic carbocycles. The smallest absolute Gasteiger partial charge is 0.144 e. The lowest BCUT2D eigenvalue weighted by Crippen LogP contribution is -2.05. The van der Waals surface area contributed by atoms with E-state index < -0.39 is 0 Å². The zero-order valence-electron chi connectivity index (χ0n) is 16.3. The second-order valence-electron chi connectivity index (χ2n) is 6.52. The Morgan fingerprint density at radius 3 is 2.97 bits per heavy atom. The van der Waals surface area contributed by atoms with E-state index in [1.54, 1.807) is 6.07 Å². The summed E-state index contributed by atoms with van der Waals surface area (Å²) in [4.78, 5) is 21.1. The molecule has 0 aliphatic rings. The number of halogens is 1. The van der Waals surface area contributed by atoms with Crippen molar-refractivity contribution in [1.29, 1.82) is 0 Å². The zero-order chi connectivity index (χ0) is 20.9. The normalized spacial score (nSPS) is 11.3. The quantitative estimate of drug-likeness (QED) is 0.318. The summed E-state index contributed by atoms with van der Waals surface area (Å²) >= 11 is 0. The number of hydrogen-bond donors (Lipinski definition) is 3. The predicted octanol–water partition coefficient (Wildman–Crippen LogP) is 3.78. The maximum Gasteiger partial charge on any atom is 0.144 e. The standard InChI is InChI=1S/C21H20FN7O/c1-2-30-26-11-16-20(23)24-12-25-21(16)27-15-6-7-17-18(10-15)29-19(28-17)9-13-4-3-5-14(22)8-13/h3-8,10-12H,2,9H2,1H3,(H,28,29)(H3,23,24,25,27). The number of nitrogens with one attached hydrogen (secondary N) is 2. The van der Waals surface area contributed by atoms with Gasteiger partial charge in [0.2, 0.25) is 0 Å². The van der Waals surface area contributed by atoms with E-state index in [0.717, 1.165) is 28.1 Å². The van der Waals surface area contributed by atoms with Crippen LogP contribution in [0.3, 0.4) is 0 Å². The van der Waals surface area contributed by atoms with Crippen LogP contribution in [0.4, 0.5) is 21.7 Å². The number of benzene rings is 2. The molecule has 0 aliphatic heterocycles. The Morgan fingerprint density at radius 1 is 1.23 bits per heavy atom. The van der Waals surface area contributed by atoms with Crippen LogP contribution in [0.15, 0.2) is 53.9 Å². The molecule has 8 nitrogen and oxygen atoms in total. The maximum atomic E-state index is 13.4. The molecule has 152 valence electrons. The summed E-state index contributed by atoms with van der Waals surface area (Å²) in [6.07, 6.45) is 3.36. The highest BCUT2D eigenvalue weighted by atomic mass is 19.1. The summed E-state index contributed by atoms with van der Waals surface area (Å²) in [6, 6.07) is 12.2. The third kappa shape index (κ3) is 4.35. The van der Waals surface area contributed by atoms with Crippen molar-refractivity contribution in [3.8, 4) is 0 Å². The van der Waals surface area contributed by atoms with Gasteiger partial charge >= 0.3 is 0 Å². The lowest BCUT2D eigenvalue weighted by atomic mass is 10.1. The monoisotopic (exact) mass is 405 g/mol. The van der Waals surface area contributed by atoms with E-state index in [1.165, 1.54) is 24.7 Å². The van der Waals surface area contributed by atoms with Crippen molar-refractivity contribution in [2.45, 2.75) is 13.3 Å². The van der Waals surface area contributed by atoms with E-state index in [-0.39, 0.29) is 11.6 Å². The molecule has 0 saturated heterocycles. The van der Waals surface area contributed by atoms with Gasteiger partial charge in [-0.05, 0) is 42.8 Å². The van der Waals surface area contributed by atoms with Crippen molar-refractivity contribution in [3.63, 3.8) is 0 Å². The summed E-state index contributed by atoms with van der Waals surface area (Å²) in [5.41, 5.74) is 9.76. The molecule has 0 fully saturated rings. The van der Waals surface area contributed by atoms with Crippen LogP contribution in [0, 0.1) is 5.82 Å². The van der Waals surface area contributed by atoms with Crippen LogP contribution in [-0.2, 0) is 11.3 Å². The first-order valence-corrected chi connectivity index (χ1v) is 9.38. The molecule has 4 aromatic rings. The van der Waals surface area contributed by atoms with Gasteiger partial charge in [0.25, 0.3) is 0 Å². The summed E-state index contributed by atoms with van der Waals surface area (Å²) in [7, 11) is 0. The maximum absolute atomic E-state index is 13.4. The van der Waals surface area contributed by atoms with Crippen LogP contribution in [0.1, 0.15) is 23.9 Å². The van der Waals surface area contributed by atoms with Crippen molar-refractivity contribution in [2.75, 3.05) is 17.7 Å². The number of rotatable bonds is 7. The Morgan fingerprint density at radius 2 is 2.13 bits per heavy atom. The topological polar surface area (TPSA) is 114 Å². The average molecular weight is 405 g/mol. The van der Waals surface area contributed by atoms with Gasteiger partial charge in [0.05, 0.1) is 22.8 Å². The second-order valence-corrected chi connectivity index (χ2v) is 6.52. The molecular formula is C21H20FN7O. The molecule has 2 heterocycles. The van der Waals surface area contributed by atoms with Crippen LogP contribution >= 0.6 is 0 Å². The highest BCUT2D eigenvalue weighted by Crippen LogP contribution is 2.24. The molecule has 0 unspecified atom stereocenters. The number of nitrogen functional groups attached to an aromatic ring is 1. The molecule has 2 aromatic heterocycles. The van der Waals surface area contributed by atoms with Gasteiger partial charge in [0, 0.05) is 12.1 Å². The Balaban J connectivity index is 1.58. The van der Waals surface area contributed by atoms with Crippen molar-refractivity contribution in [3.05, 3.63) is 71.6 Å². The number of fused-ring (bicyclic) bond motifs is 1. The van der Waals surface area contributed by atoms with Gasteiger partial charge in [0.1, 0.15) is 36.2 Å². The first-order valence-electron chi connectivity index (χ1n) is 9.38. The fraction of sp³-hybridized carbons (Fsp3) is 0.143. The molecule has 0 radical (unpaired) electrons. The minimum Gasteiger partial charge on any atom is -0.396 e. The van der Waals surface area contributed by atoms with Gasteiger partial charge < -0.3 is 20.9 Å². The van der Waals surface area contributed by atoms with Crippen molar-refractivity contribution in [2.24, 2.45) is 5.16 Å². The Labute approximate surface area is 172 Å². The Kier molecular flexibility index (Phi) is 5.51. The molecule has 0 bridgehead atoms. The van der Waals surface area contributed by atoms with Crippen LogP contribution in [-0.4, -0.2) is 32.8 Å². The Hall–Kier alpha value is -4.01. The third-order valence-corrected chi connectivity index (χ3v) is 4.36. The highest BCUT2D eigenvalue weighted by molar-refractivity contribution is 5.93. The number of nitrogens with zero attached hydrogens (tertiary/aromatic N) is 4. The van der Waals surface area contributed by atoms with Gasteiger partial charge in [-0.2, -0.15) is 0 Å². The van der Waals surface area contributed by atoms with E-state index >= 15 is 0 Å². The minimum atomic E-state index is -0.261. The zero-order valence-corrected chi connectivity index (χ0v) is 16.3.